The molecule has 0 bridgehead atoms. The molecule has 0 saturated carbocycles. The number of nitrogens with zero attached hydrogens (tertiary/aromatic N) is 1. The minimum atomic E-state index is -0.333. The van der Waals surface area contributed by atoms with Gasteiger partial charge in [0.05, 0.1) is 4.92 Å². The third kappa shape index (κ3) is 3.17. The number of anilines is 1. The van der Waals surface area contributed by atoms with Gasteiger partial charge in [-0.1, -0.05) is 6.92 Å². The topological polar surface area (TPSA) is 55.2 Å². The highest BCUT2D eigenvalue weighted by molar-refractivity contribution is 7.12. The molecule has 0 radical (unpaired) electrons. The SMILES string of the molecule is CCc1ccc(CNc2cc(C)c(C)cc2[N+](=O)[O-])s1. The third-order valence-corrected chi connectivity index (χ3v) is 4.56. The highest BCUT2D eigenvalue weighted by Crippen LogP contribution is 2.29. The van der Waals surface area contributed by atoms with Gasteiger partial charge in [-0.25, -0.2) is 0 Å². The molecule has 1 aromatic heterocycles. The first-order chi connectivity index (χ1) is 9.51. The van der Waals surface area contributed by atoms with E-state index in [0.717, 1.165) is 17.5 Å². The maximum absolute atomic E-state index is 11.1. The molecule has 0 atom stereocenters. The maximum Gasteiger partial charge on any atom is 0.292 e. The lowest BCUT2D eigenvalue weighted by atomic mass is 10.1. The molecule has 1 heterocycles. The van der Waals surface area contributed by atoms with E-state index in [1.165, 1.54) is 9.75 Å². The normalized spacial score (nSPS) is 10.6. The van der Waals surface area contributed by atoms with Gasteiger partial charge in [-0.3, -0.25) is 10.1 Å². The molecule has 2 aromatic rings. The minimum absolute atomic E-state index is 0.139. The molecule has 0 amide bonds. The van der Waals surface area contributed by atoms with Crippen molar-refractivity contribution in [2.24, 2.45) is 0 Å². The van der Waals surface area contributed by atoms with Gasteiger partial charge in [0.25, 0.3) is 5.69 Å². The average Bonchev–Trinajstić information content (AvgIpc) is 2.87. The van der Waals surface area contributed by atoms with Gasteiger partial charge >= 0.3 is 0 Å². The number of nitro groups is 1. The summed E-state index contributed by atoms with van der Waals surface area (Å²) in [5, 5.41) is 14.3. The predicted molar refractivity (Wildman–Crippen MR) is 83.6 cm³/mol. The Balaban J connectivity index is 2.20. The Morgan fingerprint density at radius 3 is 2.45 bits per heavy atom. The Morgan fingerprint density at radius 1 is 1.20 bits per heavy atom. The fourth-order valence-corrected chi connectivity index (χ4v) is 2.88. The van der Waals surface area contributed by atoms with E-state index >= 15 is 0 Å². The molecule has 1 N–H and O–H groups in total. The van der Waals surface area contributed by atoms with Crippen LogP contribution in [0.25, 0.3) is 0 Å². The summed E-state index contributed by atoms with van der Waals surface area (Å²) in [6.07, 6.45) is 1.02. The summed E-state index contributed by atoms with van der Waals surface area (Å²) in [6.45, 7) is 6.59. The Labute approximate surface area is 122 Å². The van der Waals surface area contributed by atoms with Crippen LogP contribution >= 0.6 is 11.3 Å². The first kappa shape index (κ1) is 14.5. The fraction of sp³-hybridized carbons (Fsp3) is 0.333. The second-order valence-corrected chi connectivity index (χ2v) is 6.04. The molecule has 0 unspecified atom stereocenters. The Bertz CT molecular complexity index is 635. The summed E-state index contributed by atoms with van der Waals surface area (Å²) < 4.78 is 0. The van der Waals surface area contributed by atoms with Crippen molar-refractivity contribution in [3.8, 4) is 0 Å². The van der Waals surface area contributed by atoms with Crippen molar-refractivity contribution < 1.29 is 4.92 Å². The van der Waals surface area contributed by atoms with E-state index in [0.29, 0.717) is 12.2 Å². The van der Waals surface area contributed by atoms with Gasteiger partial charge in [-0.15, -0.1) is 11.3 Å². The molecule has 0 aliphatic carbocycles. The number of nitrogens with one attached hydrogen (secondary N) is 1. The van der Waals surface area contributed by atoms with Crippen molar-refractivity contribution in [2.45, 2.75) is 33.7 Å². The molecule has 0 aliphatic heterocycles. The molecule has 2 rings (SSSR count). The average molecular weight is 290 g/mol. The quantitative estimate of drug-likeness (QED) is 0.654. The van der Waals surface area contributed by atoms with Crippen molar-refractivity contribution in [1.82, 2.24) is 0 Å². The molecule has 106 valence electrons. The Kier molecular flexibility index (Phi) is 4.39. The standard InChI is InChI=1S/C15H18N2O2S/c1-4-12-5-6-13(20-12)9-16-14-7-10(2)11(3)8-15(14)17(18)19/h5-8,16H,4,9H2,1-3H3. The van der Waals surface area contributed by atoms with Crippen LogP contribution in [0.4, 0.5) is 11.4 Å². The number of hydrogen-bond acceptors (Lipinski definition) is 4. The largest absolute Gasteiger partial charge is 0.375 e. The first-order valence-corrected chi connectivity index (χ1v) is 7.40. The summed E-state index contributed by atoms with van der Waals surface area (Å²) in [5.74, 6) is 0. The second kappa shape index (κ2) is 6.05. The van der Waals surface area contributed by atoms with Gasteiger partial charge in [0, 0.05) is 22.4 Å². The molecule has 20 heavy (non-hydrogen) atoms. The minimum Gasteiger partial charge on any atom is -0.375 e. The summed E-state index contributed by atoms with van der Waals surface area (Å²) >= 11 is 1.74. The predicted octanol–water partition coefficient (Wildman–Crippen LogP) is 4.45. The monoisotopic (exact) mass is 290 g/mol. The summed E-state index contributed by atoms with van der Waals surface area (Å²) in [5.41, 5.74) is 2.72. The van der Waals surface area contributed by atoms with Crippen molar-refractivity contribution in [3.05, 3.63) is 55.3 Å². The molecule has 0 spiro atoms. The number of hydrogen-bond donors (Lipinski definition) is 1. The summed E-state index contributed by atoms with van der Waals surface area (Å²) in [7, 11) is 0. The lowest BCUT2D eigenvalue weighted by Gasteiger charge is -2.09. The first-order valence-electron chi connectivity index (χ1n) is 6.58. The van der Waals surface area contributed by atoms with E-state index in [1.54, 1.807) is 17.4 Å². The highest BCUT2D eigenvalue weighted by atomic mass is 32.1. The fourth-order valence-electron chi connectivity index (χ4n) is 1.98. The van der Waals surface area contributed by atoms with E-state index in [4.69, 9.17) is 0 Å². The van der Waals surface area contributed by atoms with E-state index in [-0.39, 0.29) is 10.6 Å². The maximum atomic E-state index is 11.1. The van der Waals surface area contributed by atoms with Crippen molar-refractivity contribution in [3.63, 3.8) is 0 Å². The lowest BCUT2D eigenvalue weighted by molar-refractivity contribution is -0.384. The van der Waals surface area contributed by atoms with Gasteiger partial charge < -0.3 is 5.32 Å². The molecule has 0 fully saturated rings. The molecule has 4 nitrogen and oxygen atoms in total. The van der Waals surface area contributed by atoms with E-state index < -0.39 is 0 Å². The highest BCUT2D eigenvalue weighted by Gasteiger charge is 2.15. The van der Waals surface area contributed by atoms with Crippen molar-refractivity contribution in [2.75, 3.05) is 5.32 Å². The lowest BCUT2D eigenvalue weighted by Crippen LogP contribution is -2.02. The number of rotatable bonds is 5. The summed E-state index contributed by atoms with van der Waals surface area (Å²) in [6, 6.07) is 7.66. The molecular weight excluding hydrogens is 272 g/mol. The molecule has 5 heteroatoms. The van der Waals surface area contributed by atoms with Crippen LogP contribution in [0, 0.1) is 24.0 Å². The Hall–Kier alpha value is -1.88. The van der Waals surface area contributed by atoms with Gasteiger partial charge in [-0.05, 0) is 49.6 Å². The van der Waals surface area contributed by atoms with Gasteiger partial charge in [0.15, 0.2) is 0 Å². The van der Waals surface area contributed by atoms with Gasteiger partial charge in [0.1, 0.15) is 5.69 Å². The summed E-state index contributed by atoms with van der Waals surface area (Å²) in [4.78, 5) is 13.3. The third-order valence-electron chi connectivity index (χ3n) is 3.33. The zero-order valence-corrected chi connectivity index (χ0v) is 12.7. The van der Waals surface area contributed by atoms with E-state index in [2.05, 4.69) is 24.4 Å². The smallest absolute Gasteiger partial charge is 0.292 e. The molecule has 0 saturated heterocycles. The van der Waals surface area contributed by atoms with Crippen LogP contribution < -0.4 is 5.32 Å². The van der Waals surface area contributed by atoms with Crippen molar-refractivity contribution >= 4 is 22.7 Å². The number of benzene rings is 1. The van der Waals surface area contributed by atoms with Crippen LogP contribution in [0.15, 0.2) is 24.3 Å². The van der Waals surface area contributed by atoms with Crippen LogP contribution in [-0.2, 0) is 13.0 Å². The number of nitro benzene ring substituents is 1. The zero-order chi connectivity index (χ0) is 14.7. The van der Waals surface area contributed by atoms with Crippen LogP contribution in [-0.4, -0.2) is 4.92 Å². The van der Waals surface area contributed by atoms with Crippen LogP contribution in [0.1, 0.15) is 27.8 Å². The molecule has 1 aromatic carbocycles. The molecule has 0 aliphatic rings. The Morgan fingerprint density at radius 2 is 1.85 bits per heavy atom. The van der Waals surface area contributed by atoms with E-state index in [1.807, 2.05) is 19.9 Å². The van der Waals surface area contributed by atoms with Crippen LogP contribution in [0.5, 0.6) is 0 Å². The second-order valence-electron chi connectivity index (χ2n) is 4.79. The zero-order valence-electron chi connectivity index (χ0n) is 11.9. The van der Waals surface area contributed by atoms with Crippen LogP contribution in [0.3, 0.4) is 0 Å². The van der Waals surface area contributed by atoms with Crippen molar-refractivity contribution in [1.29, 1.82) is 0 Å². The molecular formula is C15H18N2O2S. The number of thiophene rings is 1. The van der Waals surface area contributed by atoms with E-state index in [9.17, 15) is 10.1 Å². The number of aryl methyl sites for hydroxylation is 3. The van der Waals surface area contributed by atoms with Crippen LogP contribution in [0.2, 0.25) is 0 Å². The van der Waals surface area contributed by atoms with Gasteiger partial charge in [0.2, 0.25) is 0 Å². The van der Waals surface area contributed by atoms with Gasteiger partial charge in [-0.2, -0.15) is 0 Å².